The van der Waals surface area contributed by atoms with Crippen LogP contribution >= 0.6 is 0 Å². The monoisotopic (exact) mass is 552 g/mol. The lowest BCUT2D eigenvalue weighted by Crippen LogP contribution is -2.18. The van der Waals surface area contributed by atoms with Gasteiger partial charge in [-0.25, -0.2) is 0 Å². The number of hydrogen-bond donors (Lipinski definition) is 5. The van der Waals surface area contributed by atoms with E-state index in [1.54, 1.807) is 18.2 Å². The maximum Gasteiger partial charge on any atom is 0.200 e. The van der Waals surface area contributed by atoms with Gasteiger partial charge in [0, 0.05) is 19.4 Å². The molecule has 0 fully saturated rings. The number of rotatable bonds is 16. The Kier molecular flexibility index (Phi) is 11.7. The summed E-state index contributed by atoms with van der Waals surface area (Å²) in [6.07, 6.45) is 2.81. The molecule has 0 bridgehead atoms. The molecule has 5 N–H and O–H groups in total. The highest BCUT2D eigenvalue weighted by atomic mass is 16.5. The second kappa shape index (κ2) is 15.1. The van der Waals surface area contributed by atoms with Crippen LogP contribution in [-0.4, -0.2) is 58.2 Å². The van der Waals surface area contributed by atoms with Crippen LogP contribution in [0.5, 0.6) is 28.7 Å². The molecule has 0 saturated heterocycles. The largest absolute Gasteiger partial charge is 0.504 e. The lowest BCUT2D eigenvalue weighted by atomic mass is 9.85. The molecule has 0 radical (unpaired) electrons. The minimum Gasteiger partial charge on any atom is -0.504 e. The van der Waals surface area contributed by atoms with E-state index in [1.807, 2.05) is 18.2 Å². The summed E-state index contributed by atoms with van der Waals surface area (Å²) in [7, 11) is 2.87. The molecule has 0 aliphatic heterocycles. The van der Waals surface area contributed by atoms with Crippen molar-refractivity contribution in [2.45, 2.75) is 63.4 Å². The van der Waals surface area contributed by atoms with Crippen molar-refractivity contribution in [3.05, 3.63) is 76.9 Å². The zero-order valence-electron chi connectivity index (χ0n) is 23.2. The van der Waals surface area contributed by atoms with E-state index in [9.17, 15) is 30.3 Å². The van der Waals surface area contributed by atoms with Crippen LogP contribution in [0.15, 0.2) is 54.6 Å². The van der Waals surface area contributed by atoms with Gasteiger partial charge in [0.05, 0.1) is 20.3 Å². The number of aryl methyl sites for hydroxylation is 3. The zero-order chi connectivity index (χ0) is 29.1. The van der Waals surface area contributed by atoms with Gasteiger partial charge >= 0.3 is 0 Å². The molecule has 0 spiro atoms. The quantitative estimate of drug-likeness (QED) is 0.160. The predicted octanol–water partition coefficient (Wildman–Crippen LogP) is 4.80. The van der Waals surface area contributed by atoms with Gasteiger partial charge in [0.1, 0.15) is 5.78 Å². The number of ketones is 1. The molecular formula is C32H40O8. The van der Waals surface area contributed by atoms with Gasteiger partial charge < -0.3 is 35.0 Å². The van der Waals surface area contributed by atoms with Crippen LogP contribution in [0.1, 0.15) is 60.3 Å². The van der Waals surface area contributed by atoms with Gasteiger partial charge in [-0.3, -0.25) is 4.79 Å². The summed E-state index contributed by atoms with van der Waals surface area (Å²) >= 11 is 0. The normalized spacial score (nSPS) is 12.6. The SMILES string of the molecule is COc1cc(CCC(=O)C[C@H](O)C[C@H](CCc2ccccc2CCCO)c2cc(O)c(O)c(OC)c2)ccc1O. The second-order valence-electron chi connectivity index (χ2n) is 10.1. The average Bonchev–Trinajstić information content (AvgIpc) is 2.95. The number of benzene rings is 3. The first-order valence-corrected chi connectivity index (χ1v) is 13.6. The summed E-state index contributed by atoms with van der Waals surface area (Å²) in [4.78, 5) is 12.7. The fraction of sp³-hybridized carbons (Fsp3) is 0.406. The number of phenols is 3. The molecule has 3 rings (SSSR count). The summed E-state index contributed by atoms with van der Waals surface area (Å²) < 4.78 is 10.4. The fourth-order valence-electron chi connectivity index (χ4n) is 5.01. The summed E-state index contributed by atoms with van der Waals surface area (Å²) in [5.41, 5.74) is 3.85. The highest BCUT2D eigenvalue weighted by molar-refractivity contribution is 5.79. The van der Waals surface area contributed by atoms with Gasteiger partial charge in [-0.15, -0.1) is 0 Å². The topological polar surface area (TPSA) is 137 Å². The van der Waals surface area contributed by atoms with Crippen molar-refractivity contribution >= 4 is 5.78 Å². The van der Waals surface area contributed by atoms with E-state index in [0.29, 0.717) is 37.0 Å². The summed E-state index contributed by atoms with van der Waals surface area (Å²) in [6.45, 7) is 0.115. The summed E-state index contributed by atoms with van der Waals surface area (Å²) in [5, 5.41) is 50.4. The second-order valence-corrected chi connectivity index (χ2v) is 10.1. The molecule has 3 aromatic rings. The number of ether oxygens (including phenoxy) is 2. The fourth-order valence-corrected chi connectivity index (χ4v) is 5.01. The standard InChI is InChI=1S/C32H40O8/c1-39-30-16-21(10-14-28(30)36)9-13-26(34)20-27(35)17-24(25-18-29(37)32(38)31(19-25)40-2)12-11-23-7-4-3-6-22(23)8-5-15-33/h3-4,6-7,10,14,16,18-19,24,27,33,35-38H,5,8-9,11-13,15,17,20H2,1-2H3/t24-,27+/m0/s1. The van der Waals surface area contributed by atoms with E-state index in [4.69, 9.17) is 9.47 Å². The molecule has 0 heterocycles. The van der Waals surface area contributed by atoms with Gasteiger partial charge in [-0.2, -0.15) is 0 Å². The number of hydrogen-bond acceptors (Lipinski definition) is 8. The van der Waals surface area contributed by atoms with Crippen LogP contribution in [-0.2, 0) is 24.1 Å². The Balaban J connectivity index is 1.71. The molecule has 8 heteroatoms. The molecule has 0 unspecified atom stereocenters. The Labute approximate surface area is 235 Å². The molecule has 8 nitrogen and oxygen atoms in total. The number of carbonyl (C=O) groups excluding carboxylic acids is 1. The molecular weight excluding hydrogens is 512 g/mol. The Bertz CT molecular complexity index is 1260. The van der Waals surface area contributed by atoms with Crippen molar-refractivity contribution in [1.29, 1.82) is 0 Å². The lowest BCUT2D eigenvalue weighted by molar-refractivity contribution is -0.121. The Hall–Kier alpha value is -3.75. The highest BCUT2D eigenvalue weighted by Crippen LogP contribution is 2.40. The third kappa shape index (κ3) is 8.63. The van der Waals surface area contributed by atoms with Crippen molar-refractivity contribution < 1.29 is 39.8 Å². The van der Waals surface area contributed by atoms with Crippen LogP contribution in [0.2, 0.25) is 0 Å². The highest BCUT2D eigenvalue weighted by Gasteiger charge is 2.22. The van der Waals surface area contributed by atoms with Gasteiger partial charge in [0.15, 0.2) is 23.0 Å². The third-order valence-electron chi connectivity index (χ3n) is 7.21. The molecule has 0 saturated carbocycles. The van der Waals surface area contributed by atoms with Crippen LogP contribution in [0, 0.1) is 0 Å². The van der Waals surface area contributed by atoms with Crippen molar-refractivity contribution in [3.8, 4) is 28.7 Å². The van der Waals surface area contributed by atoms with E-state index in [2.05, 4.69) is 6.07 Å². The Morgan fingerprint density at radius 3 is 2.23 bits per heavy atom. The van der Waals surface area contributed by atoms with Gasteiger partial charge in [-0.1, -0.05) is 30.3 Å². The molecule has 2 atom stereocenters. The molecule has 3 aromatic carbocycles. The molecule has 216 valence electrons. The number of methoxy groups -OCH3 is 2. The predicted molar refractivity (Wildman–Crippen MR) is 152 cm³/mol. The molecule has 0 amide bonds. The van der Waals surface area contributed by atoms with E-state index in [1.165, 1.54) is 26.4 Å². The van der Waals surface area contributed by atoms with E-state index in [-0.39, 0.29) is 60.6 Å². The maximum absolute atomic E-state index is 12.7. The summed E-state index contributed by atoms with van der Waals surface area (Å²) in [6, 6.07) is 16.1. The minimum absolute atomic E-state index is 0.0139. The Morgan fingerprint density at radius 1 is 0.850 bits per heavy atom. The first kappa shape index (κ1) is 30.8. The summed E-state index contributed by atoms with van der Waals surface area (Å²) in [5.74, 6) is -0.448. The van der Waals surface area contributed by atoms with Crippen LogP contribution in [0.25, 0.3) is 0 Å². The van der Waals surface area contributed by atoms with E-state index >= 15 is 0 Å². The van der Waals surface area contributed by atoms with Crippen LogP contribution in [0.3, 0.4) is 0 Å². The number of aliphatic hydroxyl groups is 2. The number of aliphatic hydroxyl groups excluding tert-OH is 2. The van der Waals surface area contributed by atoms with Crippen LogP contribution in [0.4, 0.5) is 0 Å². The molecule has 0 aliphatic carbocycles. The molecule has 40 heavy (non-hydrogen) atoms. The number of phenolic OH excluding ortho intramolecular Hbond substituents is 3. The number of carbonyl (C=O) groups is 1. The third-order valence-corrected chi connectivity index (χ3v) is 7.21. The van der Waals surface area contributed by atoms with Gasteiger partial charge in [-0.05, 0) is 91.0 Å². The lowest BCUT2D eigenvalue weighted by Gasteiger charge is -2.22. The van der Waals surface area contributed by atoms with Crippen molar-refractivity contribution in [2.24, 2.45) is 0 Å². The van der Waals surface area contributed by atoms with Crippen LogP contribution < -0.4 is 9.47 Å². The van der Waals surface area contributed by atoms with Crippen molar-refractivity contribution in [1.82, 2.24) is 0 Å². The molecule has 0 aromatic heterocycles. The van der Waals surface area contributed by atoms with Crippen molar-refractivity contribution in [3.63, 3.8) is 0 Å². The maximum atomic E-state index is 12.7. The first-order chi connectivity index (χ1) is 19.2. The van der Waals surface area contributed by atoms with E-state index in [0.717, 1.165) is 23.1 Å². The zero-order valence-corrected chi connectivity index (χ0v) is 23.2. The smallest absolute Gasteiger partial charge is 0.200 e. The minimum atomic E-state index is -0.904. The van der Waals surface area contributed by atoms with Gasteiger partial charge in [0.25, 0.3) is 0 Å². The number of Topliss-reactive ketones (excluding diaryl/α,β-unsaturated/α-hetero) is 1. The number of aromatic hydroxyl groups is 3. The van der Waals surface area contributed by atoms with E-state index < -0.39 is 6.10 Å². The first-order valence-electron chi connectivity index (χ1n) is 13.6. The Morgan fingerprint density at radius 2 is 1.55 bits per heavy atom. The average molecular weight is 553 g/mol. The molecule has 0 aliphatic rings. The van der Waals surface area contributed by atoms with Crippen molar-refractivity contribution in [2.75, 3.05) is 20.8 Å². The van der Waals surface area contributed by atoms with Gasteiger partial charge in [0.2, 0.25) is 5.75 Å².